The van der Waals surface area contributed by atoms with Crippen molar-refractivity contribution in [2.45, 2.75) is 100 Å². The summed E-state index contributed by atoms with van der Waals surface area (Å²) in [5, 5.41) is 13.1. The molecule has 2 aromatic rings. The third-order valence-electron chi connectivity index (χ3n) is 4.40. The number of aliphatic hydroxyl groups is 1. The Morgan fingerprint density at radius 3 is 2.06 bits per heavy atom. The van der Waals surface area contributed by atoms with Crippen molar-refractivity contribution in [1.29, 1.82) is 0 Å². The van der Waals surface area contributed by atoms with Gasteiger partial charge in [0, 0.05) is 12.1 Å². The van der Waals surface area contributed by atoms with Gasteiger partial charge in [-0.2, -0.15) is 0 Å². The largest absolute Gasteiger partial charge is 0.444 e. The Hall–Kier alpha value is -2.51. The summed E-state index contributed by atoms with van der Waals surface area (Å²) in [7, 11) is 0. The van der Waals surface area contributed by atoms with E-state index >= 15 is 0 Å². The van der Waals surface area contributed by atoms with Crippen LogP contribution >= 0.6 is 0 Å². The molecule has 4 N–H and O–H groups in total. The molecule has 200 valence electrons. The van der Waals surface area contributed by atoms with Gasteiger partial charge in [-0.05, 0) is 83.0 Å². The molecule has 0 saturated carbocycles. The standard InChI is InChI=1S/C22H30FN3O3.3C2H6/c1-13-9-14(7-8-16(13)23)17-10-15(11-18(25-17)19(27)12-24)22(5,6)26-20(28)29-21(2,3)4;3*1-2/h7-11,19,27H,12,24H2,1-6H3,(H,26,28);3*1-2H3. The van der Waals surface area contributed by atoms with Crippen LogP contribution in [0.5, 0.6) is 0 Å². The van der Waals surface area contributed by atoms with Gasteiger partial charge in [0.15, 0.2) is 0 Å². The van der Waals surface area contributed by atoms with Crippen LogP contribution in [0.25, 0.3) is 11.3 Å². The number of hydrogen-bond acceptors (Lipinski definition) is 5. The normalized spacial score (nSPS) is 11.4. The number of alkyl carbamates (subject to hydrolysis) is 1. The number of rotatable bonds is 5. The average molecular weight is 494 g/mol. The minimum absolute atomic E-state index is 0.00172. The van der Waals surface area contributed by atoms with Crippen molar-refractivity contribution in [3.63, 3.8) is 0 Å². The molecule has 0 aliphatic heterocycles. The predicted octanol–water partition coefficient (Wildman–Crippen LogP) is 7.03. The van der Waals surface area contributed by atoms with E-state index in [9.17, 15) is 14.3 Å². The summed E-state index contributed by atoms with van der Waals surface area (Å²) < 4.78 is 19.0. The van der Waals surface area contributed by atoms with E-state index in [4.69, 9.17) is 10.5 Å². The summed E-state index contributed by atoms with van der Waals surface area (Å²) in [6.45, 7) is 22.7. The Kier molecular flexibility index (Phi) is 16.1. The fourth-order valence-electron chi connectivity index (χ4n) is 2.79. The highest BCUT2D eigenvalue weighted by Crippen LogP contribution is 2.29. The lowest BCUT2D eigenvalue weighted by atomic mass is 9.92. The molecule has 0 fully saturated rings. The summed E-state index contributed by atoms with van der Waals surface area (Å²) in [5.74, 6) is -0.306. The maximum absolute atomic E-state index is 13.7. The number of nitrogens with one attached hydrogen (secondary N) is 1. The molecule has 0 aliphatic carbocycles. The number of carbonyl (C=O) groups excluding carboxylic acids is 1. The van der Waals surface area contributed by atoms with Crippen LogP contribution in [0.1, 0.15) is 99.1 Å². The summed E-state index contributed by atoms with van der Waals surface area (Å²) in [6.07, 6.45) is -1.52. The van der Waals surface area contributed by atoms with Crippen LogP contribution in [-0.2, 0) is 10.3 Å². The number of pyridine rings is 1. The molecule has 1 atom stereocenters. The van der Waals surface area contributed by atoms with Crippen LogP contribution in [0, 0.1) is 12.7 Å². The maximum atomic E-state index is 13.7. The smallest absolute Gasteiger partial charge is 0.408 e. The molecular weight excluding hydrogens is 445 g/mol. The number of halogens is 1. The average Bonchev–Trinajstić information content (AvgIpc) is 2.82. The van der Waals surface area contributed by atoms with Gasteiger partial charge in [0.1, 0.15) is 17.5 Å². The van der Waals surface area contributed by atoms with E-state index in [1.807, 2.05) is 55.4 Å². The number of aryl methyl sites for hydroxylation is 1. The van der Waals surface area contributed by atoms with E-state index in [1.54, 1.807) is 52.0 Å². The zero-order chi connectivity index (χ0) is 28.0. The molecule has 1 aromatic carbocycles. The summed E-state index contributed by atoms with van der Waals surface area (Å²) in [6, 6.07) is 8.20. The second-order valence-electron chi connectivity index (χ2n) is 8.63. The lowest BCUT2D eigenvalue weighted by Crippen LogP contribution is -2.44. The Labute approximate surface area is 212 Å². The van der Waals surface area contributed by atoms with Crippen LogP contribution < -0.4 is 11.1 Å². The highest BCUT2D eigenvalue weighted by atomic mass is 19.1. The summed E-state index contributed by atoms with van der Waals surface area (Å²) in [5.41, 5.74) is 6.98. The topological polar surface area (TPSA) is 97.5 Å². The van der Waals surface area contributed by atoms with Gasteiger partial charge in [-0.25, -0.2) is 14.2 Å². The molecule has 0 bridgehead atoms. The molecular formula is C28H48FN3O3. The summed E-state index contributed by atoms with van der Waals surface area (Å²) in [4.78, 5) is 16.8. The Morgan fingerprint density at radius 1 is 1.06 bits per heavy atom. The number of amides is 1. The minimum Gasteiger partial charge on any atom is -0.444 e. The van der Waals surface area contributed by atoms with Crippen molar-refractivity contribution in [3.8, 4) is 11.3 Å². The monoisotopic (exact) mass is 493 g/mol. The highest BCUT2D eigenvalue weighted by molar-refractivity contribution is 5.69. The Bertz CT molecular complexity index is 894. The van der Waals surface area contributed by atoms with Crippen molar-refractivity contribution in [2.75, 3.05) is 6.54 Å². The van der Waals surface area contributed by atoms with Gasteiger partial charge in [-0.15, -0.1) is 0 Å². The van der Waals surface area contributed by atoms with E-state index in [0.717, 1.165) is 0 Å². The van der Waals surface area contributed by atoms with Gasteiger partial charge in [0.25, 0.3) is 0 Å². The SMILES string of the molecule is CC.CC.CC.Cc1cc(-c2cc(C(C)(C)NC(=O)OC(C)(C)C)cc(C(O)CN)n2)ccc1F. The molecule has 0 saturated heterocycles. The second-order valence-corrected chi connectivity index (χ2v) is 8.63. The molecule has 0 aliphatic rings. The number of aliphatic hydroxyl groups excluding tert-OH is 1. The number of benzene rings is 1. The number of nitrogens with two attached hydrogens (primary N) is 1. The number of ether oxygens (including phenoxy) is 1. The first-order chi connectivity index (χ1) is 16.3. The van der Waals surface area contributed by atoms with E-state index in [0.29, 0.717) is 28.1 Å². The first-order valence-corrected chi connectivity index (χ1v) is 12.5. The fraction of sp³-hybridized carbons (Fsp3) is 0.571. The van der Waals surface area contributed by atoms with E-state index < -0.39 is 23.3 Å². The first-order valence-electron chi connectivity index (χ1n) is 12.5. The minimum atomic E-state index is -0.965. The lowest BCUT2D eigenvalue weighted by molar-refractivity contribution is 0.0470. The third-order valence-corrected chi connectivity index (χ3v) is 4.40. The van der Waals surface area contributed by atoms with Crippen LogP contribution in [0.4, 0.5) is 9.18 Å². The van der Waals surface area contributed by atoms with Gasteiger partial charge >= 0.3 is 6.09 Å². The highest BCUT2D eigenvalue weighted by Gasteiger charge is 2.28. The van der Waals surface area contributed by atoms with Crippen molar-refractivity contribution < 1.29 is 19.0 Å². The van der Waals surface area contributed by atoms with E-state index in [2.05, 4.69) is 10.3 Å². The second kappa shape index (κ2) is 16.2. The van der Waals surface area contributed by atoms with Crippen LogP contribution in [0.3, 0.4) is 0 Å². The fourth-order valence-corrected chi connectivity index (χ4v) is 2.79. The van der Waals surface area contributed by atoms with Crippen molar-refractivity contribution >= 4 is 6.09 Å². The van der Waals surface area contributed by atoms with Crippen molar-refractivity contribution in [3.05, 3.63) is 53.0 Å². The predicted molar refractivity (Wildman–Crippen MR) is 145 cm³/mol. The van der Waals surface area contributed by atoms with Crippen LogP contribution in [0.2, 0.25) is 0 Å². The molecule has 7 heteroatoms. The number of nitrogens with zero attached hydrogens (tertiary/aromatic N) is 1. The van der Waals surface area contributed by atoms with E-state index in [-0.39, 0.29) is 12.4 Å². The van der Waals surface area contributed by atoms with Crippen molar-refractivity contribution in [1.82, 2.24) is 10.3 Å². The van der Waals surface area contributed by atoms with Crippen LogP contribution in [-0.4, -0.2) is 28.3 Å². The molecule has 35 heavy (non-hydrogen) atoms. The zero-order valence-electron chi connectivity index (χ0n) is 23.8. The lowest BCUT2D eigenvalue weighted by Gasteiger charge is -2.30. The zero-order valence-corrected chi connectivity index (χ0v) is 23.8. The molecule has 1 aromatic heterocycles. The quantitative estimate of drug-likeness (QED) is 0.415. The van der Waals surface area contributed by atoms with Gasteiger partial charge in [-0.1, -0.05) is 41.5 Å². The molecule has 1 heterocycles. The third kappa shape index (κ3) is 11.6. The number of aromatic nitrogens is 1. The molecule has 0 radical (unpaired) electrons. The van der Waals surface area contributed by atoms with Gasteiger partial charge in [-0.3, -0.25) is 0 Å². The molecule has 6 nitrogen and oxygen atoms in total. The summed E-state index contributed by atoms with van der Waals surface area (Å²) >= 11 is 0. The van der Waals surface area contributed by atoms with Gasteiger partial charge in [0.05, 0.1) is 16.9 Å². The number of hydrogen-bond donors (Lipinski definition) is 3. The van der Waals surface area contributed by atoms with Crippen molar-refractivity contribution in [2.24, 2.45) is 5.73 Å². The molecule has 1 unspecified atom stereocenters. The molecule has 0 spiro atoms. The van der Waals surface area contributed by atoms with Gasteiger partial charge < -0.3 is 20.9 Å². The Morgan fingerprint density at radius 2 is 1.60 bits per heavy atom. The number of carbonyl (C=O) groups is 1. The maximum Gasteiger partial charge on any atom is 0.408 e. The Balaban J connectivity index is 0. The van der Waals surface area contributed by atoms with E-state index in [1.165, 1.54) is 6.07 Å². The molecule has 2 rings (SSSR count). The van der Waals surface area contributed by atoms with Gasteiger partial charge in [0.2, 0.25) is 0 Å². The first kappa shape index (κ1) is 34.7. The van der Waals surface area contributed by atoms with Crippen LogP contribution in [0.15, 0.2) is 30.3 Å². The molecule has 1 amide bonds.